The number of carboxylic acid groups (broad SMARTS) is 1. The van der Waals surface area contributed by atoms with Crippen LogP contribution >= 0.6 is 43.6 Å². The van der Waals surface area contributed by atoms with Gasteiger partial charge in [0.15, 0.2) is 6.61 Å². The molecule has 1 fully saturated rings. The number of hydrogen-bond donors (Lipinski definition) is 1. The highest BCUT2D eigenvalue weighted by molar-refractivity contribution is 9.11. The number of aliphatic carboxylic acids is 1. The Labute approximate surface area is 175 Å². The van der Waals surface area contributed by atoms with E-state index in [1.165, 1.54) is 6.08 Å². The minimum Gasteiger partial charge on any atom is -0.480 e. The zero-order valence-electron chi connectivity index (χ0n) is 13.9. The minimum atomic E-state index is -1.27. The van der Waals surface area contributed by atoms with Gasteiger partial charge in [-0.3, -0.25) is 19.3 Å². The van der Waals surface area contributed by atoms with E-state index < -0.39 is 29.6 Å². The molecular formula is C16H13Br2NO7S. The van der Waals surface area contributed by atoms with E-state index in [-0.39, 0.29) is 18.1 Å². The van der Waals surface area contributed by atoms with Gasteiger partial charge in [0.05, 0.1) is 20.5 Å². The van der Waals surface area contributed by atoms with Crippen molar-refractivity contribution in [3.05, 3.63) is 31.5 Å². The molecular weight excluding hydrogens is 510 g/mol. The molecule has 1 aliphatic heterocycles. The maximum absolute atomic E-state index is 12.2. The molecule has 8 nitrogen and oxygen atoms in total. The first-order valence-electron chi connectivity index (χ1n) is 7.47. The molecule has 144 valence electrons. The van der Waals surface area contributed by atoms with Crippen LogP contribution in [0.15, 0.2) is 26.0 Å². The second kappa shape index (κ2) is 9.38. The van der Waals surface area contributed by atoms with Crippen LogP contribution in [0.4, 0.5) is 4.79 Å². The van der Waals surface area contributed by atoms with Crippen LogP contribution in [0.5, 0.6) is 5.75 Å². The van der Waals surface area contributed by atoms with Gasteiger partial charge in [-0.2, -0.15) is 0 Å². The van der Waals surface area contributed by atoms with Crippen LogP contribution < -0.4 is 4.74 Å². The summed E-state index contributed by atoms with van der Waals surface area (Å²) in [5.74, 6) is -2.07. The highest BCUT2D eigenvalue weighted by Gasteiger charge is 2.36. The summed E-state index contributed by atoms with van der Waals surface area (Å²) in [6, 6.07) is 3.27. The van der Waals surface area contributed by atoms with Gasteiger partial charge in [0, 0.05) is 0 Å². The summed E-state index contributed by atoms with van der Waals surface area (Å²) in [6.07, 6.45) is 1.47. The standard InChI is InChI=1S/C16H13Br2NO7S/c1-2-25-13(22)7-26-14-9(17)3-8(4-10(14)18)5-11-15(23)19(6-12(20)21)16(24)27-11/h3-5H,2,6-7H2,1H3,(H,20,21)/b11-5+. The van der Waals surface area contributed by atoms with Crippen molar-refractivity contribution < 1.29 is 33.8 Å². The number of rotatable bonds is 7. The lowest BCUT2D eigenvalue weighted by atomic mass is 10.2. The lowest BCUT2D eigenvalue weighted by molar-refractivity contribution is -0.145. The number of halogens is 2. The Bertz CT molecular complexity index is 817. The number of imide groups is 1. The van der Waals surface area contributed by atoms with Crippen molar-refractivity contribution in [1.82, 2.24) is 4.90 Å². The van der Waals surface area contributed by atoms with E-state index in [2.05, 4.69) is 31.9 Å². The summed E-state index contributed by atoms with van der Waals surface area (Å²) in [5.41, 5.74) is 0.568. The van der Waals surface area contributed by atoms with E-state index in [9.17, 15) is 19.2 Å². The number of nitrogens with zero attached hydrogens (tertiary/aromatic N) is 1. The smallest absolute Gasteiger partial charge is 0.344 e. The van der Waals surface area contributed by atoms with Crippen molar-refractivity contribution in [3.63, 3.8) is 0 Å². The second-order valence-electron chi connectivity index (χ2n) is 5.07. The maximum atomic E-state index is 12.2. The fourth-order valence-electron chi connectivity index (χ4n) is 2.06. The molecule has 1 aromatic rings. The number of hydrogen-bond acceptors (Lipinski definition) is 7. The predicted octanol–water partition coefficient (Wildman–Crippen LogP) is 3.27. The summed E-state index contributed by atoms with van der Waals surface area (Å²) < 4.78 is 11.2. The Kier molecular flexibility index (Phi) is 7.45. The summed E-state index contributed by atoms with van der Waals surface area (Å²) >= 11 is 7.32. The fraction of sp³-hybridized carbons (Fsp3) is 0.250. The molecule has 1 saturated heterocycles. The van der Waals surface area contributed by atoms with Gasteiger partial charge in [0.2, 0.25) is 0 Å². The van der Waals surface area contributed by atoms with Crippen LogP contribution in [-0.4, -0.2) is 52.8 Å². The van der Waals surface area contributed by atoms with E-state index in [0.717, 1.165) is 0 Å². The number of thioether (sulfide) groups is 1. The third-order valence-electron chi connectivity index (χ3n) is 3.13. The molecule has 0 spiro atoms. The Hall–Kier alpha value is -1.85. The van der Waals surface area contributed by atoms with E-state index in [4.69, 9.17) is 14.6 Å². The SMILES string of the molecule is CCOC(=O)COc1c(Br)cc(/C=C2/SC(=O)N(CC(=O)O)C2=O)cc1Br. The van der Waals surface area contributed by atoms with Gasteiger partial charge in [0.25, 0.3) is 11.1 Å². The lowest BCUT2D eigenvalue weighted by Crippen LogP contribution is -2.33. The highest BCUT2D eigenvalue weighted by atomic mass is 79.9. The summed E-state index contributed by atoms with van der Waals surface area (Å²) in [4.78, 5) is 46.9. The Morgan fingerprint density at radius 2 is 1.89 bits per heavy atom. The summed E-state index contributed by atoms with van der Waals surface area (Å²) in [6.45, 7) is 0.992. The van der Waals surface area contributed by atoms with Gasteiger partial charge < -0.3 is 14.6 Å². The monoisotopic (exact) mass is 521 g/mol. The van der Waals surface area contributed by atoms with Crippen LogP contribution in [0.1, 0.15) is 12.5 Å². The van der Waals surface area contributed by atoms with E-state index in [0.29, 0.717) is 36.9 Å². The van der Waals surface area contributed by atoms with Crippen molar-refractivity contribution in [1.29, 1.82) is 0 Å². The van der Waals surface area contributed by atoms with Gasteiger partial charge in [-0.1, -0.05) is 0 Å². The van der Waals surface area contributed by atoms with Crippen molar-refractivity contribution in [3.8, 4) is 5.75 Å². The average molecular weight is 523 g/mol. The van der Waals surface area contributed by atoms with Crippen molar-refractivity contribution in [2.24, 2.45) is 0 Å². The average Bonchev–Trinajstić information content (AvgIpc) is 2.81. The molecule has 0 saturated carbocycles. The van der Waals surface area contributed by atoms with Gasteiger partial charge >= 0.3 is 11.9 Å². The predicted molar refractivity (Wildman–Crippen MR) is 104 cm³/mol. The quantitative estimate of drug-likeness (QED) is 0.429. The zero-order chi connectivity index (χ0) is 20.1. The number of esters is 1. The Morgan fingerprint density at radius 3 is 2.44 bits per heavy atom. The molecule has 2 rings (SSSR count). The first-order chi connectivity index (χ1) is 12.7. The number of carbonyl (C=O) groups excluding carboxylic acids is 3. The Balaban J connectivity index is 2.19. The molecule has 1 N–H and O–H groups in total. The van der Waals surface area contributed by atoms with Gasteiger partial charge in [-0.15, -0.1) is 0 Å². The number of carbonyl (C=O) groups is 4. The second-order valence-corrected chi connectivity index (χ2v) is 7.77. The summed E-state index contributed by atoms with van der Waals surface area (Å²) in [7, 11) is 0. The van der Waals surface area contributed by atoms with E-state index in [1.807, 2.05) is 0 Å². The van der Waals surface area contributed by atoms with E-state index >= 15 is 0 Å². The molecule has 0 unspecified atom stereocenters. The first-order valence-corrected chi connectivity index (χ1v) is 9.87. The molecule has 1 heterocycles. The minimum absolute atomic E-state index is 0.111. The highest BCUT2D eigenvalue weighted by Crippen LogP contribution is 2.37. The molecule has 1 aromatic carbocycles. The fourth-order valence-corrected chi connectivity index (χ4v) is 4.35. The number of benzene rings is 1. The third-order valence-corrected chi connectivity index (χ3v) is 5.21. The van der Waals surface area contributed by atoms with Crippen LogP contribution in [0.3, 0.4) is 0 Å². The summed E-state index contributed by atoms with van der Waals surface area (Å²) in [5, 5.41) is 8.14. The molecule has 0 bridgehead atoms. The normalized spacial score (nSPS) is 15.4. The van der Waals surface area contributed by atoms with Crippen molar-refractivity contribution >= 4 is 72.8 Å². The number of ether oxygens (including phenoxy) is 2. The number of carboxylic acids is 1. The molecule has 27 heavy (non-hydrogen) atoms. The third kappa shape index (κ3) is 5.56. The molecule has 0 radical (unpaired) electrons. The zero-order valence-corrected chi connectivity index (χ0v) is 17.8. The van der Waals surface area contributed by atoms with Crippen LogP contribution in [0, 0.1) is 0 Å². The molecule has 2 amide bonds. The molecule has 0 aliphatic carbocycles. The van der Waals surface area contributed by atoms with Crippen molar-refractivity contribution in [2.75, 3.05) is 19.8 Å². The van der Waals surface area contributed by atoms with Crippen molar-refractivity contribution in [2.45, 2.75) is 6.92 Å². The lowest BCUT2D eigenvalue weighted by Gasteiger charge is -2.11. The van der Waals surface area contributed by atoms with Crippen LogP contribution in [0.2, 0.25) is 0 Å². The van der Waals surface area contributed by atoms with Crippen LogP contribution in [0.25, 0.3) is 6.08 Å². The first kappa shape index (κ1) is 21.5. The molecule has 0 atom stereocenters. The van der Waals surface area contributed by atoms with Gasteiger partial charge in [-0.25, -0.2) is 4.79 Å². The Morgan fingerprint density at radius 1 is 1.26 bits per heavy atom. The molecule has 0 aromatic heterocycles. The number of amides is 2. The topological polar surface area (TPSA) is 110 Å². The van der Waals surface area contributed by atoms with Gasteiger partial charge in [0.1, 0.15) is 12.3 Å². The van der Waals surface area contributed by atoms with Crippen LogP contribution in [-0.2, 0) is 19.1 Å². The largest absolute Gasteiger partial charge is 0.480 e. The molecule has 1 aliphatic rings. The molecule has 11 heteroatoms. The van der Waals surface area contributed by atoms with Gasteiger partial charge in [-0.05, 0) is 74.3 Å². The van der Waals surface area contributed by atoms with E-state index in [1.54, 1.807) is 19.1 Å². The maximum Gasteiger partial charge on any atom is 0.344 e.